The van der Waals surface area contributed by atoms with E-state index in [0.29, 0.717) is 11.5 Å². The number of rotatable bonds is 3. The molecule has 0 N–H and O–H groups in total. The fourth-order valence-corrected chi connectivity index (χ4v) is 4.07. The molecule has 1 aliphatic heterocycles. The van der Waals surface area contributed by atoms with Gasteiger partial charge >= 0.3 is 5.97 Å². The number of hydrogen-bond donors (Lipinski definition) is 0. The molecule has 0 bridgehead atoms. The number of halogens is 2. The van der Waals surface area contributed by atoms with Gasteiger partial charge in [-0.3, -0.25) is 0 Å². The molecule has 0 fully saturated rings. The van der Waals surface area contributed by atoms with Crippen molar-refractivity contribution in [1.82, 2.24) is 0 Å². The summed E-state index contributed by atoms with van der Waals surface area (Å²) in [5.41, 5.74) is 0.984. The first-order valence-electron chi connectivity index (χ1n) is 6.18. The molecular formula is C15H9I2NO4. The Labute approximate surface area is 153 Å². The zero-order chi connectivity index (χ0) is 15.7. The van der Waals surface area contributed by atoms with E-state index in [-0.39, 0.29) is 11.6 Å². The van der Waals surface area contributed by atoms with E-state index in [9.17, 15) is 4.79 Å². The van der Waals surface area contributed by atoms with Crippen LogP contribution in [0.2, 0.25) is 0 Å². The first-order valence-corrected chi connectivity index (χ1v) is 8.33. The van der Waals surface area contributed by atoms with Crippen LogP contribution < -0.4 is 4.74 Å². The van der Waals surface area contributed by atoms with Gasteiger partial charge in [0, 0.05) is 9.13 Å². The molecule has 0 aliphatic carbocycles. The number of aliphatic imine (C=N–C) groups is 1. The van der Waals surface area contributed by atoms with Crippen LogP contribution in [-0.2, 0) is 9.53 Å². The van der Waals surface area contributed by atoms with E-state index in [1.165, 1.54) is 6.26 Å². The van der Waals surface area contributed by atoms with Crippen LogP contribution in [0, 0.1) is 7.14 Å². The maximum absolute atomic E-state index is 12.0. The Balaban J connectivity index is 2.04. The van der Waals surface area contributed by atoms with Gasteiger partial charge in [-0.05, 0) is 75.5 Å². The number of carbonyl (C=O) groups is 1. The Morgan fingerprint density at radius 2 is 2.14 bits per heavy atom. The maximum Gasteiger partial charge on any atom is 0.363 e. The largest absolute Gasteiger partial charge is 0.495 e. The van der Waals surface area contributed by atoms with Gasteiger partial charge in [-0.2, -0.15) is 0 Å². The molecule has 22 heavy (non-hydrogen) atoms. The summed E-state index contributed by atoms with van der Waals surface area (Å²) < 4.78 is 17.7. The van der Waals surface area contributed by atoms with E-state index in [4.69, 9.17) is 13.9 Å². The van der Waals surface area contributed by atoms with Crippen LogP contribution in [0.25, 0.3) is 6.08 Å². The fraction of sp³-hybridized carbons (Fsp3) is 0.0667. The van der Waals surface area contributed by atoms with E-state index >= 15 is 0 Å². The van der Waals surface area contributed by atoms with Gasteiger partial charge in [0.2, 0.25) is 0 Å². The predicted molar refractivity (Wildman–Crippen MR) is 97.7 cm³/mol. The minimum atomic E-state index is -0.512. The first-order chi connectivity index (χ1) is 10.6. The molecule has 2 aromatic rings. The Hall–Kier alpha value is -1.36. The fourth-order valence-electron chi connectivity index (χ4n) is 1.96. The van der Waals surface area contributed by atoms with Crippen molar-refractivity contribution >= 4 is 63.1 Å². The first kappa shape index (κ1) is 15.5. The van der Waals surface area contributed by atoms with Crippen molar-refractivity contribution in [2.24, 2.45) is 4.99 Å². The molecule has 5 nitrogen and oxygen atoms in total. The molecule has 112 valence electrons. The van der Waals surface area contributed by atoms with Crippen LogP contribution in [0.3, 0.4) is 0 Å². The Kier molecular flexibility index (Phi) is 4.52. The molecule has 0 amide bonds. The highest BCUT2D eigenvalue weighted by molar-refractivity contribution is 14.1. The van der Waals surface area contributed by atoms with Gasteiger partial charge in [0.15, 0.2) is 11.5 Å². The number of furan rings is 1. The molecule has 0 saturated heterocycles. The second kappa shape index (κ2) is 6.41. The van der Waals surface area contributed by atoms with Gasteiger partial charge in [0.1, 0.15) is 5.75 Å². The molecule has 0 saturated carbocycles. The molecular weight excluding hydrogens is 512 g/mol. The van der Waals surface area contributed by atoms with Crippen LogP contribution in [0.5, 0.6) is 5.75 Å². The zero-order valence-electron chi connectivity index (χ0n) is 11.3. The van der Waals surface area contributed by atoms with Crippen LogP contribution >= 0.6 is 45.2 Å². The zero-order valence-corrected chi connectivity index (χ0v) is 15.6. The molecule has 7 heteroatoms. The van der Waals surface area contributed by atoms with E-state index in [0.717, 1.165) is 12.7 Å². The lowest BCUT2D eigenvalue weighted by atomic mass is 10.1. The molecule has 1 aliphatic rings. The maximum atomic E-state index is 12.0. The van der Waals surface area contributed by atoms with Crippen LogP contribution in [0.1, 0.15) is 11.3 Å². The summed E-state index contributed by atoms with van der Waals surface area (Å²) in [5, 5.41) is 0. The highest BCUT2D eigenvalue weighted by Gasteiger charge is 2.26. The predicted octanol–water partition coefficient (Wildman–Crippen LogP) is 3.84. The molecule has 0 atom stereocenters. The van der Waals surface area contributed by atoms with E-state index < -0.39 is 5.97 Å². The Morgan fingerprint density at radius 3 is 2.82 bits per heavy atom. The summed E-state index contributed by atoms with van der Waals surface area (Å²) in [6.45, 7) is 0. The lowest BCUT2D eigenvalue weighted by Crippen LogP contribution is -2.04. The van der Waals surface area contributed by atoms with Gasteiger partial charge in [-0.25, -0.2) is 9.79 Å². The van der Waals surface area contributed by atoms with Gasteiger partial charge in [0.25, 0.3) is 5.90 Å². The molecule has 1 aromatic carbocycles. The lowest BCUT2D eigenvalue weighted by Gasteiger charge is -2.08. The standard InChI is InChI=1S/C15H9I2NO4/c1-20-13-8(5-9(16)7-10(13)17)6-11-15(19)22-14(18-11)12-3-2-4-21-12/h2-7H,1H3/b11-6-. The number of carbonyl (C=O) groups excluding carboxylic acids is 1. The van der Waals surface area contributed by atoms with E-state index in [1.807, 2.05) is 12.1 Å². The van der Waals surface area contributed by atoms with Crippen LogP contribution in [0.15, 0.2) is 45.6 Å². The number of benzene rings is 1. The van der Waals surface area contributed by atoms with Crippen LogP contribution in [0.4, 0.5) is 0 Å². The summed E-state index contributed by atoms with van der Waals surface area (Å²) in [5.74, 6) is 0.770. The molecule has 3 rings (SSSR count). The average molecular weight is 521 g/mol. The minimum Gasteiger partial charge on any atom is -0.495 e. The summed E-state index contributed by atoms with van der Waals surface area (Å²) in [6.07, 6.45) is 3.15. The summed E-state index contributed by atoms with van der Waals surface area (Å²) >= 11 is 4.40. The third kappa shape index (κ3) is 3.05. The summed E-state index contributed by atoms with van der Waals surface area (Å²) in [7, 11) is 1.59. The Bertz CT molecular complexity index is 794. The SMILES string of the molecule is COc1c(I)cc(I)cc1/C=C1\N=C(c2ccco2)OC1=O. The van der Waals surface area contributed by atoms with E-state index in [2.05, 4.69) is 50.2 Å². The van der Waals surface area contributed by atoms with Crippen molar-refractivity contribution in [2.75, 3.05) is 7.11 Å². The van der Waals surface area contributed by atoms with Crippen molar-refractivity contribution in [3.8, 4) is 5.75 Å². The number of ether oxygens (including phenoxy) is 2. The van der Waals surface area contributed by atoms with E-state index in [1.54, 1.807) is 25.3 Å². The number of methoxy groups -OCH3 is 1. The third-order valence-corrected chi connectivity index (χ3v) is 4.31. The molecule has 2 heterocycles. The van der Waals surface area contributed by atoms with Gasteiger partial charge in [-0.1, -0.05) is 0 Å². The Morgan fingerprint density at radius 1 is 1.32 bits per heavy atom. The van der Waals surface area contributed by atoms with Crippen molar-refractivity contribution in [3.05, 3.63) is 54.7 Å². The molecule has 1 aromatic heterocycles. The smallest absolute Gasteiger partial charge is 0.363 e. The number of nitrogens with zero attached hydrogens (tertiary/aromatic N) is 1. The topological polar surface area (TPSA) is 61.0 Å². The van der Waals surface area contributed by atoms with Crippen LogP contribution in [-0.4, -0.2) is 19.0 Å². The average Bonchev–Trinajstić information content (AvgIpc) is 3.09. The highest BCUT2D eigenvalue weighted by atomic mass is 127. The second-order valence-corrected chi connectivity index (χ2v) is 6.73. The van der Waals surface area contributed by atoms with Crippen molar-refractivity contribution in [1.29, 1.82) is 0 Å². The number of cyclic esters (lactones) is 1. The number of esters is 1. The molecule has 0 spiro atoms. The minimum absolute atomic E-state index is 0.167. The number of hydrogen-bond acceptors (Lipinski definition) is 5. The summed E-state index contributed by atoms with van der Waals surface area (Å²) in [4.78, 5) is 16.2. The highest BCUT2D eigenvalue weighted by Crippen LogP contribution is 2.31. The normalized spacial score (nSPS) is 15.9. The summed E-state index contributed by atoms with van der Waals surface area (Å²) in [6, 6.07) is 7.30. The lowest BCUT2D eigenvalue weighted by molar-refractivity contribution is -0.130. The van der Waals surface area contributed by atoms with Crippen molar-refractivity contribution in [2.45, 2.75) is 0 Å². The second-order valence-electron chi connectivity index (χ2n) is 4.32. The third-order valence-electron chi connectivity index (χ3n) is 2.89. The van der Waals surface area contributed by atoms with Gasteiger partial charge < -0.3 is 13.9 Å². The monoisotopic (exact) mass is 521 g/mol. The van der Waals surface area contributed by atoms with Gasteiger partial charge in [-0.15, -0.1) is 0 Å². The van der Waals surface area contributed by atoms with Crippen molar-refractivity contribution < 1.29 is 18.7 Å². The quantitative estimate of drug-likeness (QED) is 0.350. The van der Waals surface area contributed by atoms with Gasteiger partial charge in [0.05, 0.1) is 16.9 Å². The molecule has 0 radical (unpaired) electrons. The molecule has 0 unspecified atom stereocenters. The van der Waals surface area contributed by atoms with Crippen molar-refractivity contribution in [3.63, 3.8) is 0 Å².